The van der Waals surface area contributed by atoms with E-state index >= 15 is 0 Å². The van der Waals surface area contributed by atoms with Crippen LogP contribution < -0.4 is 0 Å². The van der Waals surface area contributed by atoms with Gasteiger partial charge in [0.2, 0.25) is 0 Å². The van der Waals surface area contributed by atoms with Crippen LogP contribution in [0.25, 0.3) is 0 Å². The largest absolute Gasteiger partial charge is 0.289 e. The van der Waals surface area contributed by atoms with Gasteiger partial charge in [-0.05, 0) is 23.6 Å². The Labute approximate surface area is 76.4 Å². The predicted molar refractivity (Wildman–Crippen MR) is 49.0 cm³/mol. The molecule has 1 aromatic rings. The van der Waals surface area contributed by atoms with Gasteiger partial charge in [-0.3, -0.25) is 4.79 Å². The average Bonchev–Trinajstić information content (AvgIpc) is 2.05. The molecule has 0 fully saturated rings. The van der Waals surface area contributed by atoms with Crippen LogP contribution in [0.2, 0.25) is 5.02 Å². The number of carbonyl (C=O) groups excluding carboxylic acids is 1. The molecule has 0 atom stereocenters. The highest BCUT2D eigenvalue weighted by Crippen LogP contribution is 2.10. The highest BCUT2D eigenvalue weighted by Gasteiger charge is 1.89. The van der Waals surface area contributed by atoms with Crippen LogP contribution in [0.3, 0.4) is 0 Å². The van der Waals surface area contributed by atoms with Crippen molar-refractivity contribution in [3.05, 3.63) is 34.9 Å². The van der Waals surface area contributed by atoms with E-state index in [9.17, 15) is 4.79 Å². The minimum Gasteiger partial charge on any atom is -0.289 e. The molecule has 0 spiro atoms. The Balaban J connectivity index is 2.69. The fourth-order valence-corrected chi connectivity index (χ4v) is 1.05. The minimum absolute atomic E-state index is 0.569. The molecule has 0 aliphatic rings. The summed E-state index contributed by atoms with van der Waals surface area (Å²) in [7, 11) is 0. The fourth-order valence-electron chi connectivity index (χ4n) is 0.842. The Hall–Kier alpha value is -1.26. The smallest absolute Gasteiger partial charge is 0.192 e. The van der Waals surface area contributed by atoms with Gasteiger partial charge in [-0.15, -0.1) is 0 Å². The van der Waals surface area contributed by atoms with Crippen molar-refractivity contribution in [1.82, 2.24) is 0 Å². The maximum atomic E-state index is 9.86. The second-order valence-electron chi connectivity index (χ2n) is 2.25. The molecule has 0 amide bonds. The Bertz CT molecular complexity index is 333. The van der Waals surface area contributed by atoms with Gasteiger partial charge in [0, 0.05) is 11.4 Å². The van der Waals surface area contributed by atoms with E-state index in [1.165, 1.54) is 0 Å². The van der Waals surface area contributed by atoms with E-state index in [0.29, 0.717) is 17.7 Å². The molecule has 0 radical (unpaired) electrons. The quantitative estimate of drug-likeness (QED) is 0.476. The zero-order valence-electron chi connectivity index (χ0n) is 6.38. The van der Waals surface area contributed by atoms with Crippen LogP contribution >= 0.6 is 11.6 Å². The van der Waals surface area contributed by atoms with Crippen molar-refractivity contribution in [3.8, 4) is 11.8 Å². The molecule has 0 unspecified atom stereocenters. The van der Waals surface area contributed by atoms with Crippen molar-refractivity contribution in [1.29, 1.82) is 0 Å². The summed E-state index contributed by atoms with van der Waals surface area (Å²) in [6, 6.07) is 7.42. The lowest BCUT2D eigenvalue weighted by molar-refractivity contribution is -0.103. The molecule has 0 heterocycles. The van der Waals surface area contributed by atoms with Gasteiger partial charge in [-0.25, -0.2) is 0 Å². The highest BCUT2D eigenvalue weighted by atomic mass is 35.5. The highest BCUT2D eigenvalue weighted by molar-refractivity contribution is 6.30. The molecule has 2 heteroatoms. The lowest BCUT2D eigenvalue weighted by Gasteiger charge is -1.93. The van der Waals surface area contributed by atoms with E-state index in [2.05, 4.69) is 11.8 Å². The third kappa shape index (κ3) is 2.77. The lowest BCUT2D eigenvalue weighted by Crippen LogP contribution is -1.80. The van der Waals surface area contributed by atoms with Gasteiger partial charge in [0.05, 0.1) is 0 Å². The average molecular weight is 179 g/mol. The third-order valence-corrected chi connectivity index (χ3v) is 1.58. The molecule has 1 nitrogen and oxygen atoms in total. The van der Waals surface area contributed by atoms with E-state index in [0.717, 1.165) is 5.56 Å². The molecular formula is C10H7ClO. The monoisotopic (exact) mass is 178 g/mol. The van der Waals surface area contributed by atoms with E-state index in [-0.39, 0.29) is 0 Å². The first kappa shape index (κ1) is 8.83. The van der Waals surface area contributed by atoms with Crippen molar-refractivity contribution in [2.75, 3.05) is 0 Å². The van der Waals surface area contributed by atoms with Gasteiger partial charge in [0.15, 0.2) is 6.29 Å². The van der Waals surface area contributed by atoms with Gasteiger partial charge < -0.3 is 0 Å². The second-order valence-corrected chi connectivity index (χ2v) is 2.68. The molecule has 0 saturated carbocycles. The number of carbonyl (C=O) groups is 1. The normalized spacial score (nSPS) is 8.42. The lowest BCUT2D eigenvalue weighted by atomic mass is 10.2. The first-order valence-electron chi connectivity index (χ1n) is 3.49. The summed E-state index contributed by atoms with van der Waals surface area (Å²) in [4.78, 5) is 9.86. The summed E-state index contributed by atoms with van der Waals surface area (Å²) in [5.74, 6) is 5.04. The molecule has 0 saturated heterocycles. The molecular weight excluding hydrogens is 172 g/mol. The molecule has 60 valence electrons. The van der Waals surface area contributed by atoms with Gasteiger partial charge in [0.25, 0.3) is 0 Å². The first-order chi connectivity index (χ1) is 5.83. The van der Waals surface area contributed by atoms with Crippen LogP contribution in [0.1, 0.15) is 5.56 Å². The molecule has 0 bridgehead atoms. The predicted octanol–water partition coefficient (Wildman–Crippen LogP) is 2.08. The van der Waals surface area contributed by atoms with Crippen molar-refractivity contribution < 1.29 is 4.79 Å². The maximum absolute atomic E-state index is 9.86. The Kier molecular flexibility index (Phi) is 3.37. The van der Waals surface area contributed by atoms with Gasteiger partial charge in [-0.2, -0.15) is 0 Å². The van der Waals surface area contributed by atoms with E-state index in [1.54, 1.807) is 6.07 Å². The molecule has 1 rings (SSSR count). The minimum atomic E-state index is 0.569. The molecule has 0 aliphatic carbocycles. The summed E-state index contributed by atoms with van der Waals surface area (Å²) in [6.45, 7) is 0. The number of hydrogen-bond donors (Lipinski definition) is 0. The zero-order chi connectivity index (χ0) is 8.81. The number of halogens is 1. The van der Waals surface area contributed by atoms with Crippen molar-refractivity contribution in [2.45, 2.75) is 6.42 Å². The van der Waals surface area contributed by atoms with Gasteiger partial charge in [0.1, 0.15) is 0 Å². The second kappa shape index (κ2) is 4.58. The van der Waals surface area contributed by atoms with Crippen molar-refractivity contribution in [2.24, 2.45) is 0 Å². The molecule has 0 aromatic heterocycles. The van der Waals surface area contributed by atoms with Gasteiger partial charge in [-0.1, -0.05) is 29.7 Å². The number of hydrogen-bond acceptors (Lipinski definition) is 1. The standard InChI is InChI=1S/C10H7ClO/c11-10-6-3-5-9(8-10)4-1-2-7-12/h3,5-8H,4H2. The van der Waals surface area contributed by atoms with Crippen LogP contribution in [0.5, 0.6) is 0 Å². The van der Waals surface area contributed by atoms with Crippen LogP contribution in [0.15, 0.2) is 24.3 Å². The van der Waals surface area contributed by atoms with Crippen LogP contribution in [0, 0.1) is 11.8 Å². The van der Waals surface area contributed by atoms with E-state index in [1.807, 2.05) is 18.2 Å². The summed E-state index contributed by atoms with van der Waals surface area (Å²) < 4.78 is 0. The van der Waals surface area contributed by atoms with Gasteiger partial charge >= 0.3 is 0 Å². The molecule has 0 aliphatic heterocycles. The SMILES string of the molecule is O=CC#CCc1cccc(Cl)c1. The van der Waals surface area contributed by atoms with Crippen molar-refractivity contribution in [3.63, 3.8) is 0 Å². The first-order valence-corrected chi connectivity index (χ1v) is 3.87. The molecule has 12 heavy (non-hydrogen) atoms. The summed E-state index contributed by atoms with van der Waals surface area (Å²) in [5, 5.41) is 0.695. The zero-order valence-corrected chi connectivity index (χ0v) is 7.14. The topological polar surface area (TPSA) is 17.1 Å². The summed E-state index contributed by atoms with van der Waals surface area (Å²) in [5.41, 5.74) is 1.02. The summed E-state index contributed by atoms with van der Waals surface area (Å²) in [6.07, 6.45) is 1.16. The van der Waals surface area contributed by atoms with Crippen LogP contribution in [-0.4, -0.2) is 6.29 Å². The molecule has 1 aromatic carbocycles. The Morgan fingerprint density at radius 3 is 3.00 bits per heavy atom. The Morgan fingerprint density at radius 2 is 2.33 bits per heavy atom. The Morgan fingerprint density at radius 1 is 1.50 bits per heavy atom. The third-order valence-electron chi connectivity index (χ3n) is 1.34. The molecule has 0 N–H and O–H groups in total. The van der Waals surface area contributed by atoms with E-state index in [4.69, 9.17) is 11.6 Å². The number of aldehydes is 1. The number of benzene rings is 1. The van der Waals surface area contributed by atoms with Crippen LogP contribution in [0.4, 0.5) is 0 Å². The summed E-state index contributed by atoms with van der Waals surface area (Å²) >= 11 is 5.74. The number of rotatable bonds is 1. The van der Waals surface area contributed by atoms with Crippen LogP contribution in [-0.2, 0) is 11.2 Å². The fraction of sp³-hybridized carbons (Fsp3) is 0.100. The van der Waals surface area contributed by atoms with Crippen molar-refractivity contribution >= 4 is 17.9 Å². The van der Waals surface area contributed by atoms with E-state index < -0.39 is 0 Å². The maximum Gasteiger partial charge on any atom is 0.192 e.